The fourth-order valence-electron chi connectivity index (χ4n) is 10.3. The van der Waals surface area contributed by atoms with Crippen LogP contribution in [0.2, 0.25) is 0 Å². The third kappa shape index (κ3) is 9.92. The van der Waals surface area contributed by atoms with Crippen LogP contribution in [0, 0.1) is 0 Å². The predicted octanol–water partition coefficient (Wildman–Crippen LogP) is 18.2. The molecule has 0 radical (unpaired) electrons. The maximum atomic E-state index is 4.61. The first kappa shape index (κ1) is 46.9. The third-order valence-corrected chi connectivity index (χ3v) is 14.0. The Morgan fingerprint density at radius 3 is 0.878 bits per heavy atom. The molecule has 0 aliphatic heterocycles. The molecule has 0 saturated heterocycles. The Hall–Kier alpha value is -9.44. The molecule has 0 heterocycles. The summed E-state index contributed by atoms with van der Waals surface area (Å²) in [5, 5.41) is 11.2. The lowest BCUT2D eigenvalue weighted by Crippen LogP contribution is -2.23. The third-order valence-electron chi connectivity index (χ3n) is 14.0. The van der Waals surface area contributed by atoms with E-state index in [1.54, 1.807) is 0 Å². The van der Waals surface area contributed by atoms with Crippen molar-refractivity contribution in [1.29, 1.82) is 0 Å². The second-order valence-electron chi connectivity index (χ2n) is 18.5. The number of benzene rings is 12. The van der Waals surface area contributed by atoms with E-state index in [9.17, 15) is 0 Å². The summed E-state index contributed by atoms with van der Waals surface area (Å²) in [4.78, 5) is 8.56. The van der Waals surface area contributed by atoms with Crippen LogP contribution in [0.4, 0.5) is 0 Å². The molecule has 0 aliphatic rings. The molecule has 0 amide bonds. The molecule has 12 rings (SSSR count). The van der Waals surface area contributed by atoms with Gasteiger partial charge in [-0.25, -0.2) is 0 Å². The highest BCUT2D eigenvalue weighted by molar-refractivity contribution is 6.07. The van der Waals surface area contributed by atoms with Crippen LogP contribution in [0.25, 0.3) is 99.1 Å². The molecule has 0 saturated carbocycles. The van der Waals surface area contributed by atoms with Crippen molar-refractivity contribution in [2.75, 3.05) is 7.05 Å². The van der Waals surface area contributed by atoms with E-state index in [4.69, 9.17) is 0 Å². The highest BCUT2D eigenvalue weighted by atomic mass is 15.0. The molecule has 12 aromatic carbocycles. The summed E-state index contributed by atoms with van der Waals surface area (Å²) in [7, 11) is 1.85. The number of nitrogens with one attached hydrogen (secondary N) is 1. The largest absolute Gasteiger partial charge is 0.366 e. The zero-order chi connectivity index (χ0) is 50.1. The van der Waals surface area contributed by atoms with Crippen LogP contribution in [0.3, 0.4) is 0 Å². The summed E-state index contributed by atoms with van der Waals surface area (Å²) in [5.74, 6) is 0.877. The van der Waals surface area contributed by atoms with Gasteiger partial charge >= 0.3 is 0 Å². The van der Waals surface area contributed by atoms with Gasteiger partial charge in [0.1, 0.15) is 5.84 Å². The normalized spacial score (nSPS) is 11.3. The van der Waals surface area contributed by atoms with Crippen LogP contribution in [0.15, 0.2) is 283 Å². The van der Waals surface area contributed by atoms with Crippen molar-refractivity contribution in [2.45, 2.75) is 13.1 Å². The first-order valence-electron chi connectivity index (χ1n) is 25.3. The Balaban J connectivity index is 0.000000197. The van der Waals surface area contributed by atoms with Crippen molar-refractivity contribution in [3.05, 3.63) is 290 Å². The maximum absolute atomic E-state index is 4.61. The Bertz CT molecular complexity index is 3900. The van der Waals surface area contributed by atoms with Crippen LogP contribution in [-0.2, 0) is 13.1 Å². The molecule has 74 heavy (non-hydrogen) atoms. The second kappa shape index (κ2) is 21.9. The fourth-order valence-corrected chi connectivity index (χ4v) is 10.3. The maximum Gasteiger partial charge on any atom is 0.128 e. The minimum Gasteiger partial charge on any atom is -0.366 e. The van der Waals surface area contributed by atoms with Gasteiger partial charge in [-0.1, -0.05) is 273 Å². The summed E-state index contributed by atoms with van der Waals surface area (Å²) in [6.07, 6.45) is 0. The number of hydrogen-bond acceptors (Lipinski definition) is 2. The van der Waals surface area contributed by atoms with Crippen LogP contribution < -0.4 is 5.32 Å². The van der Waals surface area contributed by atoms with Gasteiger partial charge in [0, 0.05) is 19.2 Å². The average Bonchev–Trinajstić information content (AvgIpc) is 3.48. The first-order chi connectivity index (χ1) is 36.6. The molecular weight excluding hydrogens is 895 g/mol. The van der Waals surface area contributed by atoms with Crippen LogP contribution in [0.1, 0.15) is 16.7 Å². The van der Waals surface area contributed by atoms with E-state index < -0.39 is 0 Å². The van der Waals surface area contributed by atoms with E-state index in [0.29, 0.717) is 13.1 Å². The van der Waals surface area contributed by atoms with E-state index in [2.05, 4.69) is 295 Å². The monoisotopic (exact) mass is 949 g/mol. The van der Waals surface area contributed by atoms with Gasteiger partial charge in [-0.2, -0.15) is 0 Å². The SMILES string of the molecule is C=NCc1ccc(-c2ccc(-c3ccccc3)c3ccccc23)cc1.CN=C(NCc1ccc(-c2ccc(-c3ccccc3)c3ccccc23)cc1)c1ccc(-c2ccc(-c3ccccc3)c3ccccc23)cc1. The quantitative estimate of drug-likeness (QED) is 0.102. The van der Waals surface area contributed by atoms with Gasteiger partial charge in [-0.15, -0.1) is 0 Å². The van der Waals surface area contributed by atoms with E-state index in [-0.39, 0.29) is 0 Å². The average molecular weight is 950 g/mol. The molecule has 0 atom stereocenters. The van der Waals surface area contributed by atoms with Crippen molar-refractivity contribution >= 4 is 44.9 Å². The van der Waals surface area contributed by atoms with Gasteiger partial charge in [-0.3, -0.25) is 9.98 Å². The van der Waals surface area contributed by atoms with Crippen molar-refractivity contribution in [3.8, 4) is 66.8 Å². The van der Waals surface area contributed by atoms with Gasteiger partial charge in [0.2, 0.25) is 0 Å². The van der Waals surface area contributed by atoms with Gasteiger partial charge in [0.25, 0.3) is 0 Å². The smallest absolute Gasteiger partial charge is 0.128 e. The van der Waals surface area contributed by atoms with Crippen molar-refractivity contribution < 1.29 is 0 Å². The molecule has 0 aliphatic carbocycles. The Morgan fingerprint density at radius 1 is 0.311 bits per heavy atom. The summed E-state index contributed by atoms with van der Waals surface area (Å²) < 4.78 is 0. The molecule has 0 spiro atoms. The molecule has 0 unspecified atom stereocenters. The van der Waals surface area contributed by atoms with Gasteiger partial charge in [0.05, 0.1) is 6.54 Å². The number of nitrogens with zero attached hydrogens (tertiary/aromatic N) is 2. The van der Waals surface area contributed by atoms with Gasteiger partial charge in [0.15, 0.2) is 0 Å². The zero-order valence-electron chi connectivity index (χ0n) is 41.5. The van der Waals surface area contributed by atoms with E-state index in [0.717, 1.165) is 11.4 Å². The zero-order valence-corrected chi connectivity index (χ0v) is 41.5. The molecule has 0 bridgehead atoms. The highest BCUT2D eigenvalue weighted by Gasteiger charge is 2.13. The van der Waals surface area contributed by atoms with Crippen molar-refractivity contribution in [3.63, 3.8) is 0 Å². The summed E-state index contributed by atoms with van der Waals surface area (Å²) in [5.41, 5.74) is 18.3. The van der Waals surface area contributed by atoms with Gasteiger partial charge in [-0.05, 0) is 117 Å². The van der Waals surface area contributed by atoms with E-state index in [1.165, 1.54) is 110 Å². The first-order valence-corrected chi connectivity index (χ1v) is 25.3. The van der Waals surface area contributed by atoms with Crippen LogP contribution in [-0.4, -0.2) is 19.6 Å². The lowest BCUT2D eigenvalue weighted by Gasteiger charge is -2.14. The second-order valence-corrected chi connectivity index (χ2v) is 18.5. The minimum absolute atomic E-state index is 0.661. The lowest BCUT2D eigenvalue weighted by atomic mass is 9.92. The van der Waals surface area contributed by atoms with Crippen LogP contribution >= 0.6 is 0 Å². The van der Waals surface area contributed by atoms with Crippen molar-refractivity contribution in [1.82, 2.24) is 5.32 Å². The summed E-state index contributed by atoms with van der Waals surface area (Å²) in [6.45, 7) is 4.92. The van der Waals surface area contributed by atoms with E-state index >= 15 is 0 Å². The lowest BCUT2D eigenvalue weighted by molar-refractivity contribution is 0.911. The Labute approximate surface area is 434 Å². The number of aliphatic imine (C=N–C) groups is 2. The summed E-state index contributed by atoms with van der Waals surface area (Å²) in [6, 6.07) is 97.5. The molecule has 0 fully saturated rings. The number of hydrogen-bond donors (Lipinski definition) is 1. The standard InChI is InChI=1S/C47H36N2.C24H19N/c1-48-47(38-26-24-37(25-27-38)42-31-29-40(35-14-6-3-7-15-35)44-17-9-11-19-46(42)44)49-32-33-20-22-36(23-21-33)41-30-28-39(34-12-4-2-5-13-34)43-16-8-10-18-45(41)43;1-25-17-18-11-13-20(14-12-18)22-16-15-21(19-7-3-2-4-8-19)23-9-5-6-10-24(22)23/h2-31H,32H2,1H3,(H,48,49);2-16H,1,17H2. The summed E-state index contributed by atoms with van der Waals surface area (Å²) >= 11 is 0. The predicted molar refractivity (Wildman–Crippen MR) is 317 cm³/mol. The fraction of sp³-hybridized carbons (Fsp3) is 0.0423. The Morgan fingerprint density at radius 2 is 0.581 bits per heavy atom. The van der Waals surface area contributed by atoms with Gasteiger partial charge < -0.3 is 5.32 Å². The molecule has 3 heteroatoms. The molecule has 0 aromatic heterocycles. The number of rotatable bonds is 11. The molecule has 1 N–H and O–H groups in total. The number of amidine groups is 1. The van der Waals surface area contributed by atoms with Crippen LogP contribution in [0.5, 0.6) is 0 Å². The number of fused-ring (bicyclic) bond motifs is 3. The molecular formula is C71H55N3. The highest BCUT2D eigenvalue weighted by Crippen LogP contribution is 2.39. The molecule has 12 aromatic rings. The Kier molecular flexibility index (Phi) is 13.9. The topological polar surface area (TPSA) is 36.8 Å². The van der Waals surface area contributed by atoms with Crippen molar-refractivity contribution in [2.24, 2.45) is 9.98 Å². The molecule has 3 nitrogen and oxygen atoms in total. The van der Waals surface area contributed by atoms with E-state index in [1.807, 2.05) is 7.05 Å². The molecule has 354 valence electrons. The minimum atomic E-state index is 0.661.